The van der Waals surface area contributed by atoms with Gasteiger partial charge in [0.25, 0.3) is 0 Å². The third kappa shape index (κ3) is 7.67. The molecule has 0 fully saturated rings. The van der Waals surface area contributed by atoms with Crippen molar-refractivity contribution in [3.05, 3.63) is 59.4 Å². The topological polar surface area (TPSA) is 54.9 Å². The SMILES string of the molecule is CCNC(=NCCc1cc(F)cc2c1OCOC2)NCCSc1ccccc1.I. The van der Waals surface area contributed by atoms with Gasteiger partial charge in [-0.25, -0.2) is 4.39 Å². The molecule has 0 aliphatic carbocycles. The van der Waals surface area contributed by atoms with Gasteiger partial charge >= 0.3 is 0 Å². The molecule has 0 aromatic heterocycles. The van der Waals surface area contributed by atoms with Crippen LogP contribution >= 0.6 is 35.7 Å². The van der Waals surface area contributed by atoms with Gasteiger partial charge < -0.3 is 20.1 Å². The molecule has 0 spiro atoms. The summed E-state index contributed by atoms with van der Waals surface area (Å²) >= 11 is 1.80. The number of fused-ring (bicyclic) bond motifs is 1. The minimum absolute atomic E-state index is 0. The molecule has 0 radical (unpaired) electrons. The van der Waals surface area contributed by atoms with Crippen molar-refractivity contribution < 1.29 is 13.9 Å². The first-order valence-electron chi connectivity index (χ1n) is 9.48. The number of halogens is 2. The number of hydrogen-bond acceptors (Lipinski definition) is 4. The van der Waals surface area contributed by atoms with Crippen LogP contribution in [0.15, 0.2) is 52.4 Å². The number of nitrogens with one attached hydrogen (secondary N) is 2. The second-order valence-electron chi connectivity index (χ2n) is 6.26. The van der Waals surface area contributed by atoms with Gasteiger partial charge in [0, 0.05) is 35.8 Å². The van der Waals surface area contributed by atoms with Crippen LogP contribution in [-0.2, 0) is 17.8 Å². The third-order valence-corrected chi connectivity index (χ3v) is 5.17. The van der Waals surface area contributed by atoms with Gasteiger partial charge in [-0.15, -0.1) is 35.7 Å². The Morgan fingerprint density at radius 1 is 1.21 bits per heavy atom. The molecular formula is C21H27FIN3O2S. The highest BCUT2D eigenvalue weighted by Crippen LogP contribution is 2.29. The van der Waals surface area contributed by atoms with Crippen LogP contribution < -0.4 is 15.4 Å². The molecule has 158 valence electrons. The van der Waals surface area contributed by atoms with E-state index in [1.807, 2.05) is 25.1 Å². The first-order chi connectivity index (χ1) is 13.8. The van der Waals surface area contributed by atoms with Gasteiger partial charge in [0.05, 0.1) is 6.61 Å². The molecule has 0 amide bonds. The largest absolute Gasteiger partial charge is 0.467 e. The van der Waals surface area contributed by atoms with Crippen LogP contribution in [0, 0.1) is 5.82 Å². The van der Waals surface area contributed by atoms with E-state index in [-0.39, 0.29) is 36.6 Å². The fraction of sp³-hybridized carbons (Fsp3) is 0.381. The number of guanidine groups is 1. The van der Waals surface area contributed by atoms with Gasteiger partial charge in [0.15, 0.2) is 12.8 Å². The van der Waals surface area contributed by atoms with Crippen LogP contribution in [0.3, 0.4) is 0 Å². The van der Waals surface area contributed by atoms with Gasteiger partial charge in [0.2, 0.25) is 0 Å². The number of aliphatic imine (C=N–C) groups is 1. The second kappa shape index (κ2) is 12.9. The Labute approximate surface area is 192 Å². The Kier molecular flexibility index (Phi) is 10.6. The highest BCUT2D eigenvalue weighted by molar-refractivity contribution is 14.0. The quantitative estimate of drug-likeness (QED) is 0.176. The number of thioether (sulfide) groups is 1. The van der Waals surface area contributed by atoms with E-state index in [4.69, 9.17) is 9.47 Å². The average molecular weight is 531 g/mol. The molecule has 2 aromatic carbocycles. The normalized spacial score (nSPS) is 13.1. The summed E-state index contributed by atoms with van der Waals surface area (Å²) in [7, 11) is 0. The van der Waals surface area contributed by atoms with Crippen molar-refractivity contribution in [1.82, 2.24) is 10.6 Å². The Balaban J connectivity index is 0.00000300. The van der Waals surface area contributed by atoms with Crippen molar-refractivity contribution in [2.24, 2.45) is 4.99 Å². The number of ether oxygens (including phenoxy) is 2. The third-order valence-electron chi connectivity index (χ3n) is 4.15. The molecule has 1 aliphatic rings. The molecule has 0 saturated carbocycles. The van der Waals surface area contributed by atoms with Gasteiger partial charge in [-0.2, -0.15) is 0 Å². The molecule has 5 nitrogen and oxygen atoms in total. The number of rotatable bonds is 8. The summed E-state index contributed by atoms with van der Waals surface area (Å²) in [5, 5.41) is 6.59. The van der Waals surface area contributed by atoms with Crippen molar-refractivity contribution in [3.8, 4) is 5.75 Å². The minimum atomic E-state index is -0.269. The van der Waals surface area contributed by atoms with Crippen molar-refractivity contribution in [1.29, 1.82) is 0 Å². The lowest BCUT2D eigenvalue weighted by Gasteiger charge is -2.20. The van der Waals surface area contributed by atoms with Crippen LogP contribution in [0.1, 0.15) is 18.1 Å². The van der Waals surface area contributed by atoms with Crippen LogP contribution in [0.5, 0.6) is 5.75 Å². The van der Waals surface area contributed by atoms with E-state index < -0.39 is 0 Å². The molecule has 3 rings (SSSR count). The zero-order valence-electron chi connectivity index (χ0n) is 16.4. The molecule has 29 heavy (non-hydrogen) atoms. The van der Waals surface area contributed by atoms with Gasteiger partial charge in [-0.1, -0.05) is 18.2 Å². The monoisotopic (exact) mass is 531 g/mol. The van der Waals surface area contributed by atoms with E-state index in [0.29, 0.717) is 19.6 Å². The van der Waals surface area contributed by atoms with Gasteiger partial charge in [-0.3, -0.25) is 4.99 Å². The summed E-state index contributed by atoms with van der Waals surface area (Å²) in [5.74, 6) is 2.18. The maximum atomic E-state index is 13.8. The molecule has 0 saturated heterocycles. The smallest absolute Gasteiger partial charge is 0.191 e. The summed E-state index contributed by atoms with van der Waals surface area (Å²) in [6.45, 7) is 4.76. The summed E-state index contributed by atoms with van der Waals surface area (Å²) in [6, 6.07) is 13.3. The average Bonchev–Trinajstić information content (AvgIpc) is 2.71. The van der Waals surface area contributed by atoms with Crippen LogP contribution in [0.25, 0.3) is 0 Å². The predicted octanol–water partition coefficient (Wildman–Crippen LogP) is 4.20. The number of benzene rings is 2. The molecular weight excluding hydrogens is 504 g/mol. The highest BCUT2D eigenvalue weighted by atomic mass is 127. The lowest BCUT2D eigenvalue weighted by atomic mass is 10.1. The number of hydrogen-bond donors (Lipinski definition) is 2. The molecule has 0 unspecified atom stereocenters. The van der Waals surface area contributed by atoms with Crippen LogP contribution in [0.4, 0.5) is 4.39 Å². The van der Waals surface area contributed by atoms with Crippen LogP contribution in [-0.4, -0.2) is 38.1 Å². The Hall–Kier alpha value is -1.52. The zero-order valence-corrected chi connectivity index (χ0v) is 19.6. The lowest BCUT2D eigenvalue weighted by molar-refractivity contribution is -0.0172. The van der Waals surface area contributed by atoms with E-state index in [9.17, 15) is 4.39 Å². The standard InChI is InChI=1S/C21H26FN3O2S.HI/c1-2-23-21(25-10-11-28-19-6-4-3-5-7-19)24-9-8-16-12-18(22)13-17-14-26-15-27-20(16)17;/h3-7,12-13H,2,8-11,14-15H2,1H3,(H2,23,24,25);1H. The maximum Gasteiger partial charge on any atom is 0.191 e. The number of nitrogens with zero attached hydrogens (tertiary/aromatic N) is 1. The fourth-order valence-corrected chi connectivity index (χ4v) is 3.72. The van der Waals surface area contributed by atoms with Gasteiger partial charge in [-0.05, 0) is 43.2 Å². The molecule has 1 aliphatic heterocycles. The predicted molar refractivity (Wildman–Crippen MR) is 127 cm³/mol. The van der Waals surface area contributed by atoms with Crippen molar-refractivity contribution in [2.45, 2.75) is 24.8 Å². The summed E-state index contributed by atoms with van der Waals surface area (Å²) in [4.78, 5) is 5.86. The lowest BCUT2D eigenvalue weighted by Crippen LogP contribution is -2.38. The molecule has 2 N–H and O–H groups in total. The van der Waals surface area contributed by atoms with Crippen molar-refractivity contribution >= 4 is 41.7 Å². The first-order valence-corrected chi connectivity index (χ1v) is 10.5. The van der Waals surface area contributed by atoms with E-state index >= 15 is 0 Å². The fourth-order valence-electron chi connectivity index (χ4n) is 2.93. The van der Waals surface area contributed by atoms with Crippen molar-refractivity contribution in [2.75, 3.05) is 32.2 Å². The summed E-state index contributed by atoms with van der Waals surface area (Å²) in [5.41, 5.74) is 1.59. The van der Waals surface area contributed by atoms with Gasteiger partial charge in [0.1, 0.15) is 11.6 Å². The maximum absolute atomic E-state index is 13.8. The molecule has 8 heteroatoms. The molecule has 2 aromatic rings. The molecule has 0 bridgehead atoms. The zero-order chi connectivity index (χ0) is 19.6. The van der Waals surface area contributed by atoms with Crippen molar-refractivity contribution in [3.63, 3.8) is 0 Å². The summed E-state index contributed by atoms with van der Waals surface area (Å²) < 4.78 is 24.6. The summed E-state index contributed by atoms with van der Waals surface area (Å²) in [6.07, 6.45) is 0.607. The minimum Gasteiger partial charge on any atom is -0.467 e. The first kappa shape index (κ1) is 23.8. The highest BCUT2D eigenvalue weighted by Gasteiger charge is 2.16. The van der Waals surface area contributed by atoms with Crippen LogP contribution in [0.2, 0.25) is 0 Å². The molecule has 0 atom stereocenters. The second-order valence-corrected chi connectivity index (χ2v) is 7.43. The van der Waals surface area contributed by atoms with E-state index in [2.05, 4.69) is 27.8 Å². The Morgan fingerprint density at radius 3 is 2.83 bits per heavy atom. The Morgan fingerprint density at radius 2 is 2.03 bits per heavy atom. The van der Waals surface area contributed by atoms with E-state index in [1.165, 1.54) is 17.0 Å². The molecule has 1 heterocycles. The Bertz CT molecular complexity index is 793. The van der Waals surface area contributed by atoms with E-state index in [0.717, 1.165) is 41.7 Å². The van der Waals surface area contributed by atoms with E-state index in [1.54, 1.807) is 11.8 Å².